The topological polar surface area (TPSA) is 43.1 Å². The van der Waals surface area contributed by atoms with Gasteiger partial charge in [-0.25, -0.2) is 0 Å². The molecule has 2 rings (SSSR count). The summed E-state index contributed by atoms with van der Waals surface area (Å²) in [5, 5.41) is 0.333. The van der Waals surface area contributed by atoms with Gasteiger partial charge in [0.15, 0.2) is 0 Å². The van der Waals surface area contributed by atoms with E-state index in [1.54, 1.807) is 0 Å². The number of nitrogens with two attached hydrogens (primary N) is 1. The Labute approximate surface area is 87.0 Å². The minimum absolute atomic E-state index is 0.333. The summed E-state index contributed by atoms with van der Waals surface area (Å²) in [6.07, 6.45) is 4.59. The van der Waals surface area contributed by atoms with Crippen LogP contribution in [0.15, 0.2) is 29.2 Å². The fourth-order valence-electron chi connectivity index (χ4n) is 1.95. The molecule has 1 fully saturated rings. The van der Waals surface area contributed by atoms with Crippen LogP contribution in [0.4, 0.5) is 5.69 Å². The Balaban J connectivity index is 2.22. The minimum atomic E-state index is -0.895. The van der Waals surface area contributed by atoms with Crippen LogP contribution in [0.1, 0.15) is 25.7 Å². The zero-order chi connectivity index (χ0) is 9.97. The predicted octanol–water partition coefficient (Wildman–Crippen LogP) is 2.32. The largest absolute Gasteiger partial charge is 0.398 e. The number of benzene rings is 1. The van der Waals surface area contributed by atoms with Crippen molar-refractivity contribution in [2.45, 2.75) is 35.8 Å². The highest BCUT2D eigenvalue weighted by Gasteiger charge is 2.23. The van der Waals surface area contributed by atoms with Crippen LogP contribution < -0.4 is 5.73 Å². The van der Waals surface area contributed by atoms with Crippen LogP contribution in [0.25, 0.3) is 0 Å². The number of hydrogen-bond acceptors (Lipinski definition) is 2. The second kappa shape index (κ2) is 4.13. The van der Waals surface area contributed by atoms with Gasteiger partial charge < -0.3 is 5.73 Å². The first-order valence-corrected chi connectivity index (χ1v) is 6.25. The molecule has 0 aliphatic heterocycles. The Kier molecular flexibility index (Phi) is 2.87. The van der Waals surface area contributed by atoms with E-state index in [2.05, 4.69) is 0 Å². The van der Waals surface area contributed by atoms with Gasteiger partial charge in [0.1, 0.15) is 0 Å². The second-order valence-electron chi connectivity index (χ2n) is 3.74. The van der Waals surface area contributed by atoms with Crippen molar-refractivity contribution in [2.24, 2.45) is 0 Å². The maximum atomic E-state index is 12.1. The lowest BCUT2D eigenvalue weighted by atomic mass is 10.3. The van der Waals surface area contributed by atoms with Gasteiger partial charge in [-0.1, -0.05) is 25.0 Å². The Morgan fingerprint density at radius 2 is 1.86 bits per heavy atom. The molecule has 14 heavy (non-hydrogen) atoms. The number of hydrogen-bond donors (Lipinski definition) is 1. The molecule has 1 atom stereocenters. The zero-order valence-electron chi connectivity index (χ0n) is 8.11. The molecule has 0 radical (unpaired) electrons. The molecule has 0 spiro atoms. The molecule has 1 aliphatic rings. The molecule has 1 unspecified atom stereocenters. The third-order valence-electron chi connectivity index (χ3n) is 2.74. The number of anilines is 1. The van der Waals surface area contributed by atoms with Crippen molar-refractivity contribution in [3.63, 3.8) is 0 Å². The van der Waals surface area contributed by atoms with E-state index in [0.29, 0.717) is 10.9 Å². The van der Waals surface area contributed by atoms with Crippen molar-refractivity contribution in [3.05, 3.63) is 24.3 Å². The summed E-state index contributed by atoms with van der Waals surface area (Å²) in [6, 6.07) is 7.48. The highest BCUT2D eigenvalue weighted by Crippen LogP contribution is 2.28. The van der Waals surface area contributed by atoms with Crippen LogP contribution in [0.5, 0.6) is 0 Å². The quantitative estimate of drug-likeness (QED) is 0.760. The first kappa shape index (κ1) is 9.71. The fourth-order valence-corrected chi connectivity index (χ4v) is 3.58. The summed E-state index contributed by atoms with van der Waals surface area (Å²) in [7, 11) is -0.895. The van der Waals surface area contributed by atoms with E-state index in [1.165, 1.54) is 12.8 Å². The van der Waals surface area contributed by atoms with Gasteiger partial charge in [-0.2, -0.15) is 0 Å². The summed E-state index contributed by atoms with van der Waals surface area (Å²) < 4.78 is 12.1. The van der Waals surface area contributed by atoms with Crippen LogP contribution >= 0.6 is 0 Å². The molecule has 1 saturated carbocycles. The maximum absolute atomic E-state index is 12.1. The molecule has 0 amide bonds. The third-order valence-corrected chi connectivity index (χ3v) is 4.62. The molecular weight excluding hydrogens is 194 g/mol. The molecule has 3 heteroatoms. The lowest BCUT2D eigenvalue weighted by molar-refractivity contribution is 0.669. The lowest BCUT2D eigenvalue weighted by Crippen LogP contribution is -2.11. The predicted molar refractivity (Wildman–Crippen MR) is 59.5 cm³/mol. The van der Waals surface area contributed by atoms with E-state index in [0.717, 1.165) is 17.7 Å². The molecule has 1 aliphatic carbocycles. The Bertz CT molecular complexity index is 345. The summed E-state index contributed by atoms with van der Waals surface area (Å²) in [6.45, 7) is 0. The van der Waals surface area contributed by atoms with Crippen molar-refractivity contribution in [3.8, 4) is 0 Å². The zero-order valence-corrected chi connectivity index (χ0v) is 8.93. The van der Waals surface area contributed by atoms with Gasteiger partial charge in [0, 0.05) is 10.9 Å². The van der Waals surface area contributed by atoms with Gasteiger partial charge in [-0.05, 0) is 25.0 Å². The number of para-hydroxylation sites is 1. The molecule has 2 N–H and O–H groups in total. The Hall–Kier alpha value is -0.830. The number of nitrogen functional groups attached to an aromatic ring is 1. The molecule has 0 bridgehead atoms. The molecule has 2 nitrogen and oxygen atoms in total. The fraction of sp³-hybridized carbons (Fsp3) is 0.455. The van der Waals surface area contributed by atoms with Crippen LogP contribution in [0, 0.1) is 0 Å². The van der Waals surface area contributed by atoms with Gasteiger partial charge in [0.2, 0.25) is 0 Å². The molecular formula is C11H15NOS. The average molecular weight is 209 g/mol. The van der Waals surface area contributed by atoms with E-state index in [1.807, 2.05) is 24.3 Å². The van der Waals surface area contributed by atoms with Crippen LogP contribution in [-0.4, -0.2) is 9.46 Å². The van der Waals surface area contributed by atoms with Crippen LogP contribution in [0.2, 0.25) is 0 Å². The normalized spacial score (nSPS) is 19.7. The standard InChI is InChI=1S/C11H15NOS/c12-10-7-3-4-8-11(10)14(13)9-5-1-2-6-9/h3-4,7-9H,1-2,5-6,12H2. The van der Waals surface area contributed by atoms with E-state index in [9.17, 15) is 4.21 Å². The summed E-state index contributed by atoms with van der Waals surface area (Å²) in [5.74, 6) is 0. The Morgan fingerprint density at radius 1 is 1.21 bits per heavy atom. The minimum Gasteiger partial charge on any atom is -0.398 e. The number of rotatable bonds is 2. The molecule has 0 heterocycles. The highest BCUT2D eigenvalue weighted by atomic mass is 32.2. The van der Waals surface area contributed by atoms with Crippen LogP contribution in [0.3, 0.4) is 0 Å². The van der Waals surface area contributed by atoms with Crippen molar-refractivity contribution < 1.29 is 4.21 Å². The molecule has 0 aromatic heterocycles. The van der Waals surface area contributed by atoms with Crippen molar-refractivity contribution in [2.75, 3.05) is 5.73 Å². The smallest absolute Gasteiger partial charge is 0.0620 e. The summed E-state index contributed by atoms with van der Waals surface area (Å²) in [4.78, 5) is 0.819. The maximum Gasteiger partial charge on any atom is 0.0620 e. The Morgan fingerprint density at radius 3 is 2.50 bits per heavy atom. The van der Waals surface area contributed by atoms with Crippen molar-refractivity contribution >= 4 is 16.5 Å². The van der Waals surface area contributed by atoms with Gasteiger partial charge in [-0.15, -0.1) is 0 Å². The van der Waals surface area contributed by atoms with E-state index < -0.39 is 10.8 Å². The lowest BCUT2D eigenvalue weighted by Gasteiger charge is -2.10. The molecule has 76 valence electrons. The van der Waals surface area contributed by atoms with Gasteiger partial charge in [0.05, 0.1) is 15.7 Å². The third kappa shape index (κ3) is 1.82. The monoisotopic (exact) mass is 209 g/mol. The van der Waals surface area contributed by atoms with E-state index in [4.69, 9.17) is 5.73 Å². The van der Waals surface area contributed by atoms with E-state index >= 15 is 0 Å². The first-order valence-electron chi connectivity index (χ1n) is 5.04. The first-order chi connectivity index (χ1) is 6.79. The average Bonchev–Trinajstić information content (AvgIpc) is 2.70. The van der Waals surface area contributed by atoms with Gasteiger partial charge >= 0.3 is 0 Å². The van der Waals surface area contributed by atoms with E-state index in [-0.39, 0.29) is 0 Å². The second-order valence-corrected chi connectivity index (χ2v) is 5.44. The summed E-state index contributed by atoms with van der Waals surface area (Å²) in [5.41, 5.74) is 6.46. The van der Waals surface area contributed by atoms with Crippen molar-refractivity contribution in [1.82, 2.24) is 0 Å². The molecule has 0 saturated heterocycles. The molecule has 1 aromatic carbocycles. The summed E-state index contributed by atoms with van der Waals surface area (Å²) >= 11 is 0. The van der Waals surface area contributed by atoms with Gasteiger partial charge in [-0.3, -0.25) is 4.21 Å². The SMILES string of the molecule is Nc1ccccc1S(=O)C1CCCC1. The van der Waals surface area contributed by atoms with Crippen LogP contribution in [-0.2, 0) is 10.8 Å². The highest BCUT2D eigenvalue weighted by molar-refractivity contribution is 7.85. The molecule has 1 aromatic rings. The van der Waals surface area contributed by atoms with Crippen molar-refractivity contribution in [1.29, 1.82) is 0 Å². The van der Waals surface area contributed by atoms with Gasteiger partial charge in [0.25, 0.3) is 0 Å².